The molecule has 0 bridgehead atoms. The van der Waals surface area contributed by atoms with E-state index in [-0.39, 0.29) is 17.3 Å². The molecule has 150 valence electrons. The van der Waals surface area contributed by atoms with Gasteiger partial charge in [-0.1, -0.05) is 44.2 Å². The molecule has 1 heterocycles. The Kier molecular flexibility index (Phi) is 6.07. The highest BCUT2D eigenvalue weighted by atomic mass is 19.1. The minimum absolute atomic E-state index is 0.166. The molecule has 0 radical (unpaired) electrons. The number of aromatic amines is 1. The molecule has 2 N–H and O–H groups in total. The first-order valence-corrected chi connectivity index (χ1v) is 9.20. The molecule has 7 heteroatoms. The van der Waals surface area contributed by atoms with Gasteiger partial charge < -0.3 is 15.0 Å². The number of carbonyl (C=O) groups excluding carboxylic acids is 3. The minimum Gasteiger partial charge on any atom is -0.456 e. The number of esters is 1. The number of carbonyl (C=O) groups is 3. The van der Waals surface area contributed by atoms with Crippen LogP contribution in [0.5, 0.6) is 0 Å². The zero-order chi connectivity index (χ0) is 21.0. The molecule has 0 aliphatic heterocycles. The number of amides is 1. The Balaban J connectivity index is 1.66. The van der Waals surface area contributed by atoms with Crippen molar-refractivity contribution in [3.63, 3.8) is 0 Å². The highest BCUT2D eigenvalue weighted by Gasteiger charge is 2.28. The molecule has 29 heavy (non-hydrogen) atoms. The number of H-pyrrole nitrogens is 1. The van der Waals surface area contributed by atoms with E-state index < -0.39 is 30.3 Å². The normalized spacial score (nSPS) is 12.0. The standard InChI is InChI=1S/C22H21FN2O4/c1-13(2)20(25-21(27)15-8-3-5-9-17(15)23)22(28)29-12-19(26)16-11-24-18-10-6-4-7-14(16)18/h3-11,13,20,24H,12H2,1-2H3,(H,25,27). The second-order valence-electron chi connectivity index (χ2n) is 6.95. The third-order valence-electron chi connectivity index (χ3n) is 4.56. The average molecular weight is 396 g/mol. The summed E-state index contributed by atoms with van der Waals surface area (Å²) in [6.07, 6.45) is 1.57. The van der Waals surface area contributed by atoms with Gasteiger partial charge in [0.2, 0.25) is 5.78 Å². The average Bonchev–Trinajstić information content (AvgIpc) is 3.14. The van der Waals surface area contributed by atoms with E-state index in [4.69, 9.17) is 4.74 Å². The summed E-state index contributed by atoms with van der Waals surface area (Å²) in [6, 6.07) is 11.8. The fourth-order valence-electron chi connectivity index (χ4n) is 2.97. The summed E-state index contributed by atoms with van der Waals surface area (Å²) < 4.78 is 19.0. The van der Waals surface area contributed by atoms with Crippen LogP contribution in [-0.4, -0.2) is 35.3 Å². The summed E-state index contributed by atoms with van der Waals surface area (Å²) >= 11 is 0. The molecule has 1 amide bonds. The molecule has 2 aromatic carbocycles. The number of benzene rings is 2. The van der Waals surface area contributed by atoms with E-state index in [1.807, 2.05) is 18.2 Å². The molecule has 0 saturated heterocycles. The number of hydrogen-bond acceptors (Lipinski definition) is 4. The van der Waals surface area contributed by atoms with E-state index in [1.165, 1.54) is 18.2 Å². The van der Waals surface area contributed by atoms with E-state index >= 15 is 0 Å². The SMILES string of the molecule is CC(C)C(NC(=O)c1ccccc1F)C(=O)OCC(=O)c1c[nH]c2ccccc12. The van der Waals surface area contributed by atoms with Gasteiger partial charge in [0.1, 0.15) is 11.9 Å². The summed E-state index contributed by atoms with van der Waals surface area (Å²) in [5.41, 5.74) is 1.06. The van der Waals surface area contributed by atoms with Crippen molar-refractivity contribution in [2.75, 3.05) is 6.61 Å². The lowest BCUT2D eigenvalue weighted by Gasteiger charge is -2.20. The third-order valence-corrected chi connectivity index (χ3v) is 4.56. The number of hydrogen-bond donors (Lipinski definition) is 2. The monoisotopic (exact) mass is 396 g/mol. The first kappa shape index (κ1) is 20.3. The molecule has 0 aliphatic rings. The van der Waals surface area contributed by atoms with E-state index in [9.17, 15) is 18.8 Å². The van der Waals surface area contributed by atoms with Crippen molar-refractivity contribution >= 4 is 28.6 Å². The zero-order valence-corrected chi connectivity index (χ0v) is 16.1. The Morgan fingerprint density at radius 1 is 1.03 bits per heavy atom. The molecule has 1 atom stereocenters. The van der Waals surface area contributed by atoms with E-state index in [0.29, 0.717) is 5.56 Å². The molecule has 6 nitrogen and oxygen atoms in total. The predicted octanol–water partition coefficient (Wildman–Crippen LogP) is 3.49. The first-order chi connectivity index (χ1) is 13.9. The molecular weight excluding hydrogens is 375 g/mol. The van der Waals surface area contributed by atoms with Crippen LogP contribution < -0.4 is 5.32 Å². The molecule has 1 unspecified atom stereocenters. The van der Waals surface area contributed by atoms with Gasteiger partial charge in [0, 0.05) is 22.7 Å². The van der Waals surface area contributed by atoms with Crippen molar-refractivity contribution in [1.82, 2.24) is 10.3 Å². The number of para-hydroxylation sites is 1. The van der Waals surface area contributed by atoms with Crippen molar-refractivity contribution in [2.45, 2.75) is 19.9 Å². The Bertz CT molecular complexity index is 1060. The lowest BCUT2D eigenvalue weighted by Crippen LogP contribution is -2.46. The number of halogens is 1. The molecule has 0 spiro atoms. The van der Waals surface area contributed by atoms with Crippen LogP contribution in [-0.2, 0) is 9.53 Å². The Hall–Kier alpha value is -3.48. The number of Topliss-reactive ketones (excluding diaryl/α,β-unsaturated/α-hetero) is 1. The number of nitrogens with one attached hydrogen (secondary N) is 2. The van der Waals surface area contributed by atoms with Crippen molar-refractivity contribution < 1.29 is 23.5 Å². The number of ether oxygens (including phenoxy) is 1. The van der Waals surface area contributed by atoms with Crippen LogP contribution in [0, 0.1) is 11.7 Å². The fourth-order valence-corrected chi connectivity index (χ4v) is 2.97. The van der Waals surface area contributed by atoms with Crippen LogP contribution in [0.15, 0.2) is 54.7 Å². The number of aromatic nitrogens is 1. The van der Waals surface area contributed by atoms with Crippen molar-refractivity contribution in [2.24, 2.45) is 5.92 Å². The Morgan fingerprint density at radius 2 is 1.72 bits per heavy atom. The Morgan fingerprint density at radius 3 is 2.45 bits per heavy atom. The smallest absolute Gasteiger partial charge is 0.329 e. The highest BCUT2D eigenvalue weighted by molar-refractivity contribution is 6.09. The highest BCUT2D eigenvalue weighted by Crippen LogP contribution is 2.18. The van der Waals surface area contributed by atoms with Gasteiger partial charge in [-0.15, -0.1) is 0 Å². The largest absolute Gasteiger partial charge is 0.456 e. The van der Waals surface area contributed by atoms with Gasteiger partial charge in [-0.25, -0.2) is 9.18 Å². The first-order valence-electron chi connectivity index (χ1n) is 9.20. The van der Waals surface area contributed by atoms with Gasteiger partial charge >= 0.3 is 5.97 Å². The van der Waals surface area contributed by atoms with E-state index in [0.717, 1.165) is 17.0 Å². The van der Waals surface area contributed by atoms with E-state index in [1.54, 1.807) is 26.1 Å². The molecule has 0 saturated carbocycles. The van der Waals surface area contributed by atoms with Crippen molar-refractivity contribution in [3.05, 3.63) is 71.7 Å². The van der Waals surface area contributed by atoms with Gasteiger partial charge in [-0.3, -0.25) is 9.59 Å². The van der Waals surface area contributed by atoms with Crippen LogP contribution in [0.4, 0.5) is 4.39 Å². The van der Waals surface area contributed by atoms with Crippen molar-refractivity contribution in [1.29, 1.82) is 0 Å². The van der Waals surface area contributed by atoms with Crippen LogP contribution in [0.3, 0.4) is 0 Å². The molecule has 0 fully saturated rings. The van der Waals surface area contributed by atoms with E-state index in [2.05, 4.69) is 10.3 Å². The second-order valence-corrected chi connectivity index (χ2v) is 6.95. The summed E-state index contributed by atoms with van der Waals surface area (Å²) in [4.78, 5) is 40.3. The van der Waals surface area contributed by atoms with Gasteiger partial charge in [-0.05, 0) is 24.1 Å². The maximum atomic E-state index is 13.8. The molecule has 1 aromatic heterocycles. The quantitative estimate of drug-likeness (QED) is 0.473. The van der Waals surface area contributed by atoms with Crippen molar-refractivity contribution in [3.8, 4) is 0 Å². The lowest BCUT2D eigenvalue weighted by molar-refractivity contribution is -0.145. The molecular formula is C22H21FN2O4. The summed E-state index contributed by atoms with van der Waals surface area (Å²) in [5.74, 6) is -2.84. The number of rotatable bonds is 7. The maximum absolute atomic E-state index is 13.8. The molecule has 3 rings (SSSR count). The third kappa shape index (κ3) is 4.51. The van der Waals surface area contributed by atoms with Gasteiger partial charge in [0.15, 0.2) is 6.61 Å². The van der Waals surface area contributed by atoms with Gasteiger partial charge in [0.25, 0.3) is 5.91 Å². The molecule has 3 aromatic rings. The molecule has 0 aliphatic carbocycles. The number of ketones is 1. The summed E-state index contributed by atoms with van der Waals surface area (Å²) in [5, 5.41) is 3.23. The topological polar surface area (TPSA) is 88.3 Å². The summed E-state index contributed by atoms with van der Waals surface area (Å²) in [6.45, 7) is 2.98. The zero-order valence-electron chi connectivity index (χ0n) is 16.1. The van der Waals surface area contributed by atoms with Crippen LogP contribution in [0.2, 0.25) is 0 Å². The second kappa shape index (κ2) is 8.68. The minimum atomic E-state index is -1.02. The predicted molar refractivity (Wildman–Crippen MR) is 106 cm³/mol. The maximum Gasteiger partial charge on any atom is 0.329 e. The Labute approximate surface area is 167 Å². The lowest BCUT2D eigenvalue weighted by atomic mass is 10.0. The fraction of sp³-hybridized carbons (Fsp3) is 0.227. The number of fused-ring (bicyclic) bond motifs is 1. The van der Waals surface area contributed by atoms with Crippen LogP contribution in [0.1, 0.15) is 34.6 Å². The van der Waals surface area contributed by atoms with Gasteiger partial charge in [0.05, 0.1) is 5.56 Å². The van der Waals surface area contributed by atoms with Crippen LogP contribution >= 0.6 is 0 Å². The summed E-state index contributed by atoms with van der Waals surface area (Å²) in [7, 11) is 0. The van der Waals surface area contributed by atoms with Crippen LogP contribution in [0.25, 0.3) is 10.9 Å². The van der Waals surface area contributed by atoms with Gasteiger partial charge in [-0.2, -0.15) is 0 Å².